The van der Waals surface area contributed by atoms with Crippen LogP contribution in [0, 0.1) is 0 Å². The molecule has 16 heavy (non-hydrogen) atoms. The van der Waals surface area contributed by atoms with Crippen molar-refractivity contribution in [2.24, 2.45) is 0 Å². The van der Waals surface area contributed by atoms with E-state index in [9.17, 15) is 0 Å². The van der Waals surface area contributed by atoms with Crippen molar-refractivity contribution in [1.82, 2.24) is 15.2 Å². The number of fused-ring (bicyclic) bond motifs is 1. The van der Waals surface area contributed by atoms with Gasteiger partial charge in [0.15, 0.2) is 12.0 Å². The summed E-state index contributed by atoms with van der Waals surface area (Å²) in [6.45, 7) is 3.16. The predicted octanol–water partition coefficient (Wildman–Crippen LogP) is 1.23. The van der Waals surface area contributed by atoms with Gasteiger partial charge in [0.2, 0.25) is 0 Å². The molecule has 4 heteroatoms. The number of nitrogens with one attached hydrogen (secondary N) is 1. The van der Waals surface area contributed by atoms with Crippen LogP contribution in [0.5, 0.6) is 0 Å². The van der Waals surface area contributed by atoms with Crippen molar-refractivity contribution >= 4 is 11.1 Å². The Bertz CT molecular complexity index is 490. The lowest BCUT2D eigenvalue weighted by Crippen LogP contribution is -2.55. The van der Waals surface area contributed by atoms with Crippen LogP contribution in [0.25, 0.3) is 11.1 Å². The summed E-state index contributed by atoms with van der Waals surface area (Å²) in [7, 11) is 2.16. The van der Waals surface area contributed by atoms with E-state index in [1.54, 1.807) is 0 Å². The van der Waals surface area contributed by atoms with Crippen LogP contribution in [-0.2, 0) is 6.54 Å². The minimum absolute atomic E-state index is 0.672. The topological polar surface area (TPSA) is 41.3 Å². The van der Waals surface area contributed by atoms with Crippen molar-refractivity contribution in [3.8, 4) is 0 Å². The first-order valence-corrected chi connectivity index (χ1v) is 5.56. The van der Waals surface area contributed by atoms with E-state index in [1.807, 2.05) is 6.07 Å². The maximum absolute atomic E-state index is 5.30. The van der Waals surface area contributed by atoms with Crippen molar-refractivity contribution in [1.29, 1.82) is 0 Å². The second-order valence-electron chi connectivity index (χ2n) is 4.38. The SMILES string of the molecule is CN(Cc1ccc2ncoc2c1)C1CNC1. The van der Waals surface area contributed by atoms with Crippen LogP contribution in [0.2, 0.25) is 0 Å². The molecule has 0 spiro atoms. The number of nitrogens with zero attached hydrogens (tertiary/aromatic N) is 2. The normalized spacial score (nSPS) is 16.9. The lowest BCUT2D eigenvalue weighted by molar-refractivity contribution is 0.173. The van der Waals surface area contributed by atoms with E-state index in [2.05, 4.69) is 34.4 Å². The molecule has 1 aliphatic heterocycles. The van der Waals surface area contributed by atoms with Gasteiger partial charge in [-0.05, 0) is 24.7 Å². The maximum Gasteiger partial charge on any atom is 0.181 e. The second kappa shape index (κ2) is 3.88. The molecule has 0 saturated carbocycles. The molecule has 84 valence electrons. The number of benzene rings is 1. The van der Waals surface area contributed by atoms with Crippen molar-refractivity contribution in [3.05, 3.63) is 30.2 Å². The summed E-state index contributed by atoms with van der Waals surface area (Å²) in [5.74, 6) is 0. The van der Waals surface area contributed by atoms with Gasteiger partial charge in [0.1, 0.15) is 5.52 Å². The van der Waals surface area contributed by atoms with Crippen molar-refractivity contribution in [3.63, 3.8) is 0 Å². The number of hydrogen-bond donors (Lipinski definition) is 1. The quantitative estimate of drug-likeness (QED) is 0.839. The highest BCUT2D eigenvalue weighted by atomic mass is 16.3. The second-order valence-corrected chi connectivity index (χ2v) is 4.38. The zero-order valence-electron chi connectivity index (χ0n) is 9.31. The van der Waals surface area contributed by atoms with E-state index >= 15 is 0 Å². The molecule has 1 saturated heterocycles. The average Bonchev–Trinajstić information content (AvgIpc) is 2.61. The summed E-state index contributed by atoms with van der Waals surface area (Å²) in [5.41, 5.74) is 3.08. The summed E-state index contributed by atoms with van der Waals surface area (Å²) in [4.78, 5) is 6.48. The highest BCUT2D eigenvalue weighted by Crippen LogP contribution is 2.16. The van der Waals surface area contributed by atoms with E-state index in [0.29, 0.717) is 6.04 Å². The molecule has 0 bridgehead atoms. The van der Waals surface area contributed by atoms with Gasteiger partial charge in [-0.3, -0.25) is 4.90 Å². The molecule has 3 rings (SSSR count). The Hall–Kier alpha value is -1.39. The Morgan fingerprint density at radius 1 is 1.50 bits per heavy atom. The Morgan fingerprint density at radius 3 is 3.12 bits per heavy atom. The van der Waals surface area contributed by atoms with Crippen LogP contribution in [0.15, 0.2) is 29.0 Å². The fourth-order valence-corrected chi connectivity index (χ4v) is 2.00. The zero-order valence-corrected chi connectivity index (χ0v) is 9.31. The van der Waals surface area contributed by atoms with Crippen molar-refractivity contribution < 1.29 is 4.42 Å². The Balaban J connectivity index is 1.77. The molecule has 0 amide bonds. The third kappa shape index (κ3) is 1.70. The monoisotopic (exact) mass is 217 g/mol. The van der Waals surface area contributed by atoms with Gasteiger partial charge in [0, 0.05) is 25.7 Å². The lowest BCUT2D eigenvalue weighted by Gasteiger charge is -2.35. The third-order valence-corrected chi connectivity index (χ3v) is 3.21. The summed E-state index contributed by atoms with van der Waals surface area (Å²) < 4.78 is 5.30. The predicted molar refractivity (Wildman–Crippen MR) is 62.1 cm³/mol. The molecule has 1 N–H and O–H groups in total. The number of likely N-dealkylation sites (N-methyl/N-ethyl adjacent to an activating group) is 1. The minimum atomic E-state index is 0.672. The zero-order chi connectivity index (χ0) is 11.0. The first kappa shape index (κ1) is 9.81. The van der Waals surface area contributed by atoms with Crippen LogP contribution in [-0.4, -0.2) is 36.1 Å². The molecule has 1 aromatic heterocycles. The summed E-state index contributed by atoms with van der Waals surface area (Å²) in [6, 6.07) is 6.88. The summed E-state index contributed by atoms with van der Waals surface area (Å²) in [6.07, 6.45) is 1.49. The first-order chi connectivity index (χ1) is 7.83. The smallest absolute Gasteiger partial charge is 0.181 e. The lowest BCUT2D eigenvalue weighted by atomic mass is 10.1. The molecule has 2 aromatic rings. The third-order valence-electron chi connectivity index (χ3n) is 3.21. The Morgan fingerprint density at radius 2 is 2.38 bits per heavy atom. The van der Waals surface area contributed by atoms with Crippen LogP contribution in [0.4, 0.5) is 0 Å². The molecular weight excluding hydrogens is 202 g/mol. The van der Waals surface area contributed by atoms with E-state index in [1.165, 1.54) is 12.0 Å². The van der Waals surface area contributed by atoms with Gasteiger partial charge in [-0.25, -0.2) is 4.98 Å². The van der Waals surface area contributed by atoms with Gasteiger partial charge >= 0.3 is 0 Å². The number of oxazole rings is 1. The molecule has 2 heterocycles. The van der Waals surface area contributed by atoms with Gasteiger partial charge in [0.05, 0.1) is 0 Å². The van der Waals surface area contributed by atoms with E-state index in [0.717, 1.165) is 30.7 Å². The van der Waals surface area contributed by atoms with Gasteiger partial charge in [-0.2, -0.15) is 0 Å². The maximum atomic E-state index is 5.30. The van der Waals surface area contributed by atoms with Crippen molar-refractivity contribution in [2.45, 2.75) is 12.6 Å². The number of aromatic nitrogens is 1. The molecule has 0 aliphatic carbocycles. The van der Waals surface area contributed by atoms with Crippen LogP contribution in [0.3, 0.4) is 0 Å². The average molecular weight is 217 g/mol. The van der Waals surface area contributed by atoms with Crippen LogP contribution < -0.4 is 5.32 Å². The summed E-state index contributed by atoms with van der Waals surface area (Å²) in [5, 5.41) is 3.28. The van der Waals surface area contributed by atoms with Gasteiger partial charge < -0.3 is 9.73 Å². The standard InChI is InChI=1S/C12H15N3O/c1-15(10-5-13-6-10)7-9-2-3-11-12(4-9)16-8-14-11/h2-4,8,10,13H,5-7H2,1H3. The van der Waals surface area contributed by atoms with Gasteiger partial charge in [-0.15, -0.1) is 0 Å². The Kier molecular flexibility index (Phi) is 2.38. The summed E-state index contributed by atoms with van der Waals surface area (Å²) >= 11 is 0. The van der Waals surface area contributed by atoms with Crippen LogP contribution in [0.1, 0.15) is 5.56 Å². The molecule has 1 aliphatic rings. The largest absolute Gasteiger partial charge is 0.443 e. The highest BCUT2D eigenvalue weighted by molar-refractivity contribution is 5.72. The number of rotatable bonds is 3. The number of hydrogen-bond acceptors (Lipinski definition) is 4. The molecule has 0 radical (unpaired) electrons. The van der Waals surface area contributed by atoms with E-state index in [-0.39, 0.29) is 0 Å². The van der Waals surface area contributed by atoms with Crippen molar-refractivity contribution in [2.75, 3.05) is 20.1 Å². The fraction of sp³-hybridized carbons (Fsp3) is 0.417. The van der Waals surface area contributed by atoms with Crippen LogP contribution >= 0.6 is 0 Å². The molecular formula is C12H15N3O. The van der Waals surface area contributed by atoms with E-state index in [4.69, 9.17) is 4.42 Å². The molecule has 0 atom stereocenters. The van der Waals surface area contributed by atoms with Gasteiger partial charge in [0.25, 0.3) is 0 Å². The van der Waals surface area contributed by atoms with E-state index < -0.39 is 0 Å². The Labute approximate surface area is 94.3 Å². The first-order valence-electron chi connectivity index (χ1n) is 5.56. The highest BCUT2D eigenvalue weighted by Gasteiger charge is 2.21. The molecule has 1 aromatic carbocycles. The fourth-order valence-electron chi connectivity index (χ4n) is 2.00. The minimum Gasteiger partial charge on any atom is -0.443 e. The van der Waals surface area contributed by atoms with Gasteiger partial charge in [-0.1, -0.05) is 6.07 Å². The molecule has 0 unspecified atom stereocenters. The molecule has 4 nitrogen and oxygen atoms in total. The molecule has 1 fully saturated rings.